The molecule has 11 rings (SSSR count). The van der Waals surface area contributed by atoms with Crippen LogP contribution in [0.5, 0.6) is 0 Å². The number of fused-ring (bicyclic) bond motifs is 4. The first-order chi connectivity index (χ1) is 25.3. The van der Waals surface area contributed by atoms with Crippen molar-refractivity contribution in [2.75, 3.05) is 6.61 Å². The smallest absolute Gasteiger partial charge is 0.341 e. The van der Waals surface area contributed by atoms with Gasteiger partial charge >= 0.3 is 5.97 Å². The van der Waals surface area contributed by atoms with E-state index in [9.17, 15) is 4.79 Å². The molecule has 0 amide bonds. The highest BCUT2D eigenvalue weighted by atomic mass is 35.5. The Balaban J connectivity index is 1.00. The molecule has 294 valence electrons. The molecule has 2 spiro atoms. The number of aromatic nitrogens is 1. The van der Waals surface area contributed by atoms with Gasteiger partial charge in [-0.15, -0.1) is 0 Å². The van der Waals surface area contributed by atoms with Gasteiger partial charge in [0.1, 0.15) is 10.3 Å². The third-order valence-corrected chi connectivity index (χ3v) is 15.7. The van der Waals surface area contributed by atoms with Crippen LogP contribution in [-0.4, -0.2) is 65.1 Å². The van der Waals surface area contributed by atoms with Crippen LogP contribution in [0.1, 0.15) is 116 Å². The molecule has 8 saturated heterocycles. The minimum absolute atomic E-state index is 0.0119. The maximum absolute atomic E-state index is 13.5. The Morgan fingerprint density at radius 3 is 1.75 bits per heavy atom. The van der Waals surface area contributed by atoms with Gasteiger partial charge in [0.05, 0.1) is 24.4 Å². The summed E-state index contributed by atoms with van der Waals surface area (Å²) in [6.07, 6.45) is 7.54. The lowest BCUT2D eigenvalue weighted by atomic mass is 9.56. The van der Waals surface area contributed by atoms with Crippen LogP contribution >= 0.6 is 23.2 Å². The van der Waals surface area contributed by atoms with E-state index in [1.807, 2.05) is 13.8 Å². The van der Waals surface area contributed by atoms with Gasteiger partial charge in [-0.05, 0) is 119 Å². The summed E-state index contributed by atoms with van der Waals surface area (Å²) in [4.78, 5) is 42.5. The van der Waals surface area contributed by atoms with E-state index in [4.69, 9.17) is 66.4 Å². The summed E-state index contributed by atoms with van der Waals surface area (Å²) in [6.45, 7) is 13.3. The number of pyridine rings is 1. The van der Waals surface area contributed by atoms with Crippen molar-refractivity contribution in [1.82, 2.24) is 4.98 Å². The van der Waals surface area contributed by atoms with Crippen LogP contribution in [0.2, 0.25) is 10.3 Å². The van der Waals surface area contributed by atoms with E-state index in [0.29, 0.717) is 24.7 Å². The Morgan fingerprint density at radius 1 is 0.755 bits per heavy atom. The first-order valence-corrected chi connectivity index (χ1v) is 20.9. The lowest BCUT2D eigenvalue weighted by Crippen LogP contribution is -2.70. The van der Waals surface area contributed by atoms with E-state index in [-0.39, 0.29) is 76.1 Å². The number of carbonyl (C=O) groups is 1. The average molecular weight is 781 g/mol. The molecule has 1 aromatic heterocycles. The summed E-state index contributed by atoms with van der Waals surface area (Å²) in [5.74, 6) is -0.209. The van der Waals surface area contributed by atoms with Gasteiger partial charge in [-0.25, -0.2) is 29.3 Å². The number of esters is 1. The number of hydrogen-bond acceptors (Lipinski definition) is 11. The largest absolute Gasteiger partial charge is 0.462 e. The van der Waals surface area contributed by atoms with Crippen molar-refractivity contribution in [1.29, 1.82) is 0 Å². The number of carbonyl (C=O) groups excluding carboxylic acids is 1. The average Bonchev–Trinajstić information content (AvgIpc) is 3.49. The van der Waals surface area contributed by atoms with Crippen molar-refractivity contribution >= 4 is 29.2 Å². The normalized spacial score (nSPS) is 50.3. The van der Waals surface area contributed by atoms with Gasteiger partial charge in [-0.3, -0.25) is 0 Å². The number of hydrogen-bond donors (Lipinski definition) is 0. The Kier molecular flexibility index (Phi) is 9.53. The van der Waals surface area contributed by atoms with Gasteiger partial charge < -0.3 is 23.7 Å². The molecular formula is C40H55Cl2NO10. The highest BCUT2D eigenvalue weighted by molar-refractivity contribution is 6.34. The third-order valence-electron chi connectivity index (χ3n) is 15.2. The fourth-order valence-electron chi connectivity index (χ4n) is 12.2. The zero-order valence-corrected chi connectivity index (χ0v) is 33.2. The summed E-state index contributed by atoms with van der Waals surface area (Å²) in [6, 6.07) is 3.09. The first-order valence-electron chi connectivity index (χ1n) is 20.1. The zero-order valence-electron chi connectivity index (χ0n) is 31.7. The summed E-state index contributed by atoms with van der Waals surface area (Å²) >= 11 is 12.4. The van der Waals surface area contributed by atoms with E-state index < -0.39 is 41.3 Å². The van der Waals surface area contributed by atoms with Gasteiger partial charge in [-0.1, -0.05) is 50.9 Å². The quantitative estimate of drug-likeness (QED) is 0.151. The second-order valence-corrected chi connectivity index (χ2v) is 19.0. The van der Waals surface area contributed by atoms with Crippen molar-refractivity contribution in [2.45, 2.75) is 153 Å². The Labute approximate surface area is 322 Å². The van der Waals surface area contributed by atoms with Crippen molar-refractivity contribution in [3.63, 3.8) is 0 Å². The van der Waals surface area contributed by atoms with Gasteiger partial charge in [0.15, 0.2) is 23.8 Å². The van der Waals surface area contributed by atoms with E-state index in [2.05, 4.69) is 32.7 Å². The van der Waals surface area contributed by atoms with Crippen LogP contribution < -0.4 is 0 Å². The fraction of sp³-hybridized carbons (Fsp3) is 0.850. The van der Waals surface area contributed by atoms with E-state index >= 15 is 0 Å². The Morgan fingerprint density at radius 2 is 1.26 bits per heavy atom. The highest BCUT2D eigenvalue weighted by Gasteiger charge is 2.71. The molecule has 2 aliphatic carbocycles. The molecule has 4 bridgehead atoms. The highest BCUT2D eigenvalue weighted by Crippen LogP contribution is 2.63. The van der Waals surface area contributed by atoms with Crippen LogP contribution in [0.15, 0.2) is 12.1 Å². The lowest BCUT2D eigenvalue weighted by molar-refractivity contribution is -0.571. The predicted molar refractivity (Wildman–Crippen MR) is 191 cm³/mol. The number of ether oxygens (including phenoxy) is 5. The summed E-state index contributed by atoms with van der Waals surface area (Å²) in [5, 5.41) is 0.221. The molecule has 10 aliphatic rings. The molecule has 1 aromatic rings. The second kappa shape index (κ2) is 13.5. The first kappa shape index (κ1) is 37.5. The monoisotopic (exact) mass is 779 g/mol. The molecular weight excluding hydrogens is 725 g/mol. The molecule has 9 heterocycles. The van der Waals surface area contributed by atoms with Crippen molar-refractivity contribution in [2.24, 2.45) is 53.3 Å². The standard InChI is InChI=1S/C40H55Cl2NO10/c1-20-7-10-28-22(3)30(46-35-39(28)26(20)13-15-37(5,48-35)50-52-39)17-24(19-45-34(44)25-9-12-32(41)43-33(25)42)18-31-23(4)29-11-8-21(2)27-14-16-38(6)49-36(47-31)40(27,29)53-51-38/h9,12,20-24,26-31,35-36H,7-8,10-11,13-19H2,1-6H3/t20-,21-,22-,23-,26+,27+,28+,29+,30-,31-,35-,36-,37-,38-,39-,40-/m1/s1. The maximum Gasteiger partial charge on any atom is 0.341 e. The maximum atomic E-state index is 13.5. The summed E-state index contributed by atoms with van der Waals surface area (Å²) in [5.41, 5.74) is -1.13. The second-order valence-electron chi connectivity index (χ2n) is 18.3. The van der Waals surface area contributed by atoms with Gasteiger partial charge in [-0.2, -0.15) is 0 Å². The van der Waals surface area contributed by atoms with E-state index in [1.54, 1.807) is 12.1 Å². The van der Waals surface area contributed by atoms with Gasteiger partial charge in [0.25, 0.3) is 0 Å². The van der Waals surface area contributed by atoms with Crippen molar-refractivity contribution < 1.29 is 48.0 Å². The third kappa shape index (κ3) is 5.95. The molecule has 2 saturated carbocycles. The molecule has 13 heteroatoms. The van der Waals surface area contributed by atoms with Crippen LogP contribution in [0.25, 0.3) is 0 Å². The Bertz CT molecular complexity index is 1510. The van der Waals surface area contributed by atoms with Crippen LogP contribution in [-0.2, 0) is 43.2 Å². The molecule has 10 fully saturated rings. The van der Waals surface area contributed by atoms with Crippen molar-refractivity contribution in [3.8, 4) is 0 Å². The molecule has 11 nitrogen and oxygen atoms in total. The minimum Gasteiger partial charge on any atom is -0.462 e. The van der Waals surface area contributed by atoms with Crippen molar-refractivity contribution in [3.05, 3.63) is 28.0 Å². The molecule has 8 aliphatic heterocycles. The lowest BCUT2D eigenvalue weighted by Gasteiger charge is -2.61. The number of halogens is 2. The Hall–Kier alpha value is -1.12. The van der Waals surface area contributed by atoms with E-state index in [0.717, 1.165) is 51.4 Å². The molecule has 0 radical (unpaired) electrons. The van der Waals surface area contributed by atoms with Crippen LogP contribution in [0, 0.1) is 53.3 Å². The van der Waals surface area contributed by atoms with E-state index in [1.165, 1.54) is 0 Å². The topological polar surface area (TPSA) is 113 Å². The van der Waals surface area contributed by atoms with Gasteiger partial charge in [0, 0.05) is 24.7 Å². The number of rotatable bonds is 7. The minimum atomic E-state index is -0.860. The SMILES string of the molecule is C[C@H]1[C@@H](CC(COC(=O)c2ccc(Cl)nc2Cl)C[C@H]2O[C@@H]3O[C@@]4(C)CC[C@H]5[C@H](C)CC[C@@H]([C@H]2C)[C@@]35OO4)O[C@@H]2O[C@@]3(C)CC[C@H]4[C@H](C)CC[C@@H]1[C@@]24OO3. The fourth-order valence-corrected chi connectivity index (χ4v) is 12.6. The summed E-state index contributed by atoms with van der Waals surface area (Å²) in [7, 11) is 0. The molecule has 0 N–H and O–H groups in total. The molecule has 53 heavy (non-hydrogen) atoms. The predicted octanol–water partition coefficient (Wildman–Crippen LogP) is 8.44. The molecule has 0 unspecified atom stereocenters. The molecule has 16 atom stereocenters. The number of nitrogens with zero attached hydrogens (tertiary/aromatic N) is 1. The van der Waals surface area contributed by atoms with Crippen LogP contribution in [0.3, 0.4) is 0 Å². The molecule has 0 aromatic carbocycles. The zero-order chi connectivity index (χ0) is 37.1. The van der Waals surface area contributed by atoms with Crippen LogP contribution in [0.4, 0.5) is 0 Å². The van der Waals surface area contributed by atoms with Gasteiger partial charge in [0.2, 0.25) is 11.6 Å². The summed E-state index contributed by atoms with van der Waals surface area (Å²) < 4.78 is 33.5.